The summed E-state index contributed by atoms with van der Waals surface area (Å²) in [6.07, 6.45) is 3.04. The van der Waals surface area contributed by atoms with E-state index < -0.39 is 0 Å². The topological polar surface area (TPSA) is 35.5 Å². The number of carbonyl (C=O) groups is 1. The van der Waals surface area contributed by atoms with E-state index in [9.17, 15) is 4.79 Å². The van der Waals surface area contributed by atoms with Gasteiger partial charge in [-0.25, -0.2) is 0 Å². The molecule has 0 saturated heterocycles. The predicted octanol–water partition coefficient (Wildman–Crippen LogP) is 4.04. The lowest BCUT2D eigenvalue weighted by Crippen LogP contribution is -2.00. The van der Waals surface area contributed by atoms with Gasteiger partial charge in [0, 0.05) is 11.1 Å². The van der Waals surface area contributed by atoms with Gasteiger partial charge in [0.2, 0.25) is 0 Å². The first kappa shape index (κ1) is 15.1. The Labute approximate surface area is 125 Å². The molecule has 0 fully saturated rings. The van der Waals surface area contributed by atoms with Gasteiger partial charge in [0.05, 0.1) is 7.11 Å². The van der Waals surface area contributed by atoms with Crippen molar-refractivity contribution >= 4 is 6.29 Å². The maximum Gasteiger partial charge on any atom is 0.150 e. The molecule has 0 aliphatic rings. The number of benzene rings is 2. The third kappa shape index (κ3) is 4.09. The van der Waals surface area contributed by atoms with Crippen molar-refractivity contribution in [2.24, 2.45) is 0 Å². The molecule has 2 rings (SSSR count). The number of aldehydes is 1. The number of carbonyl (C=O) groups excluding carboxylic acids is 1. The number of rotatable bonds is 7. The first-order valence-corrected chi connectivity index (χ1v) is 7.10. The van der Waals surface area contributed by atoms with E-state index in [1.165, 1.54) is 5.56 Å². The zero-order valence-corrected chi connectivity index (χ0v) is 12.5. The van der Waals surface area contributed by atoms with Crippen LogP contribution in [0, 0.1) is 0 Å². The van der Waals surface area contributed by atoms with Crippen LogP contribution in [0.4, 0.5) is 0 Å². The number of methoxy groups -OCH3 is 1. The number of ether oxygens (including phenoxy) is 2. The Morgan fingerprint density at radius 2 is 1.86 bits per heavy atom. The Balaban J connectivity index is 2.06. The summed E-state index contributed by atoms with van der Waals surface area (Å²) in [5.74, 6) is 1.54. The summed E-state index contributed by atoms with van der Waals surface area (Å²) in [5, 5.41) is 0. The average molecular weight is 284 g/mol. The minimum atomic E-state index is 0.373. The molecular formula is C18H20O3. The molecule has 0 bridgehead atoms. The summed E-state index contributed by atoms with van der Waals surface area (Å²) in [4.78, 5) is 10.8. The lowest BCUT2D eigenvalue weighted by Gasteiger charge is -2.11. The van der Waals surface area contributed by atoms with Crippen molar-refractivity contribution in [3.63, 3.8) is 0 Å². The summed E-state index contributed by atoms with van der Waals surface area (Å²) in [6, 6.07) is 13.4. The van der Waals surface area contributed by atoms with E-state index in [1.807, 2.05) is 12.1 Å². The van der Waals surface area contributed by atoms with E-state index >= 15 is 0 Å². The SMILES string of the molecule is CCCc1ccc(OCc2cc(C=O)ccc2OC)cc1. The molecule has 21 heavy (non-hydrogen) atoms. The second-order valence-corrected chi connectivity index (χ2v) is 4.87. The molecule has 0 atom stereocenters. The number of hydrogen-bond donors (Lipinski definition) is 0. The smallest absolute Gasteiger partial charge is 0.150 e. The highest BCUT2D eigenvalue weighted by Crippen LogP contribution is 2.22. The molecule has 0 saturated carbocycles. The van der Waals surface area contributed by atoms with Crippen LogP contribution in [-0.2, 0) is 13.0 Å². The molecule has 0 unspecified atom stereocenters. The minimum Gasteiger partial charge on any atom is -0.496 e. The van der Waals surface area contributed by atoms with Gasteiger partial charge in [-0.15, -0.1) is 0 Å². The van der Waals surface area contributed by atoms with E-state index in [0.717, 1.165) is 36.2 Å². The standard InChI is InChI=1S/C18H20O3/c1-3-4-14-5-8-17(9-6-14)21-13-16-11-15(12-19)7-10-18(16)20-2/h5-12H,3-4,13H2,1-2H3. The van der Waals surface area contributed by atoms with Crippen molar-refractivity contribution < 1.29 is 14.3 Å². The summed E-state index contributed by atoms with van der Waals surface area (Å²) >= 11 is 0. The Hall–Kier alpha value is -2.29. The second kappa shape index (κ2) is 7.48. The van der Waals surface area contributed by atoms with Crippen molar-refractivity contribution in [1.29, 1.82) is 0 Å². The van der Waals surface area contributed by atoms with Gasteiger partial charge in [-0.1, -0.05) is 25.5 Å². The van der Waals surface area contributed by atoms with Crippen molar-refractivity contribution in [2.45, 2.75) is 26.4 Å². The van der Waals surface area contributed by atoms with Crippen LogP contribution in [0.3, 0.4) is 0 Å². The molecule has 0 aliphatic carbocycles. The van der Waals surface area contributed by atoms with Gasteiger partial charge in [-0.05, 0) is 42.3 Å². The zero-order valence-electron chi connectivity index (χ0n) is 12.5. The van der Waals surface area contributed by atoms with Crippen molar-refractivity contribution in [3.05, 3.63) is 59.2 Å². The normalized spacial score (nSPS) is 10.2. The van der Waals surface area contributed by atoms with Gasteiger partial charge in [0.1, 0.15) is 24.4 Å². The van der Waals surface area contributed by atoms with Gasteiger partial charge in [0.15, 0.2) is 0 Å². The summed E-state index contributed by atoms with van der Waals surface area (Å²) in [7, 11) is 1.61. The first-order valence-electron chi connectivity index (χ1n) is 7.10. The fraction of sp³-hybridized carbons (Fsp3) is 0.278. The Morgan fingerprint density at radius 1 is 1.10 bits per heavy atom. The van der Waals surface area contributed by atoms with Crippen LogP contribution in [0.25, 0.3) is 0 Å². The van der Waals surface area contributed by atoms with E-state index in [4.69, 9.17) is 9.47 Å². The Morgan fingerprint density at radius 3 is 2.48 bits per heavy atom. The summed E-state index contributed by atoms with van der Waals surface area (Å²) in [5.41, 5.74) is 2.79. The lowest BCUT2D eigenvalue weighted by atomic mass is 10.1. The average Bonchev–Trinajstić information content (AvgIpc) is 2.54. The van der Waals surface area contributed by atoms with E-state index in [0.29, 0.717) is 12.2 Å². The van der Waals surface area contributed by atoms with Crippen LogP contribution in [-0.4, -0.2) is 13.4 Å². The van der Waals surface area contributed by atoms with Crippen LogP contribution < -0.4 is 9.47 Å². The number of aryl methyl sites for hydroxylation is 1. The van der Waals surface area contributed by atoms with Crippen LogP contribution >= 0.6 is 0 Å². The lowest BCUT2D eigenvalue weighted by molar-refractivity contribution is 0.112. The molecule has 2 aromatic carbocycles. The molecule has 3 heteroatoms. The monoisotopic (exact) mass is 284 g/mol. The van der Waals surface area contributed by atoms with E-state index in [-0.39, 0.29) is 0 Å². The largest absolute Gasteiger partial charge is 0.496 e. The number of hydrogen-bond acceptors (Lipinski definition) is 3. The third-order valence-corrected chi connectivity index (χ3v) is 3.30. The van der Waals surface area contributed by atoms with Crippen LogP contribution in [0.1, 0.15) is 34.8 Å². The van der Waals surface area contributed by atoms with E-state index in [1.54, 1.807) is 25.3 Å². The molecule has 110 valence electrons. The summed E-state index contributed by atoms with van der Waals surface area (Å²) in [6.45, 7) is 2.54. The van der Waals surface area contributed by atoms with Crippen LogP contribution in [0.2, 0.25) is 0 Å². The van der Waals surface area contributed by atoms with Gasteiger partial charge >= 0.3 is 0 Å². The molecule has 0 heterocycles. The van der Waals surface area contributed by atoms with Crippen LogP contribution in [0.5, 0.6) is 11.5 Å². The maximum atomic E-state index is 10.8. The quantitative estimate of drug-likeness (QED) is 0.720. The van der Waals surface area contributed by atoms with Gasteiger partial charge in [-0.3, -0.25) is 4.79 Å². The fourth-order valence-corrected chi connectivity index (χ4v) is 2.19. The van der Waals surface area contributed by atoms with E-state index in [2.05, 4.69) is 19.1 Å². The van der Waals surface area contributed by atoms with Crippen molar-refractivity contribution in [2.75, 3.05) is 7.11 Å². The Kier molecular flexibility index (Phi) is 5.38. The van der Waals surface area contributed by atoms with Crippen molar-refractivity contribution in [1.82, 2.24) is 0 Å². The maximum absolute atomic E-state index is 10.8. The molecule has 0 aromatic heterocycles. The second-order valence-electron chi connectivity index (χ2n) is 4.87. The molecule has 0 spiro atoms. The highest BCUT2D eigenvalue weighted by molar-refractivity contribution is 5.75. The fourth-order valence-electron chi connectivity index (χ4n) is 2.19. The molecule has 0 aliphatic heterocycles. The molecule has 0 radical (unpaired) electrons. The predicted molar refractivity (Wildman–Crippen MR) is 83.2 cm³/mol. The third-order valence-electron chi connectivity index (χ3n) is 3.30. The van der Waals surface area contributed by atoms with Gasteiger partial charge in [0.25, 0.3) is 0 Å². The minimum absolute atomic E-state index is 0.373. The molecule has 2 aromatic rings. The molecule has 0 amide bonds. The molecule has 0 N–H and O–H groups in total. The van der Waals surface area contributed by atoms with Crippen molar-refractivity contribution in [3.8, 4) is 11.5 Å². The first-order chi connectivity index (χ1) is 10.3. The highest BCUT2D eigenvalue weighted by Gasteiger charge is 2.05. The zero-order chi connectivity index (χ0) is 15.1. The van der Waals surface area contributed by atoms with Crippen LogP contribution in [0.15, 0.2) is 42.5 Å². The summed E-state index contributed by atoms with van der Waals surface area (Å²) < 4.78 is 11.1. The highest BCUT2D eigenvalue weighted by atomic mass is 16.5. The van der Waals surface area contributed by atoms with Gasteiger partial charge in [-0.2, -0.15) is 0 Å². The molecule has 3 nitrogen and oxygen atoms in total. The molecular weight excluding hydrogens is 264 g/mol. The van der Waals surface area contributed by atoms with Gasteiger partial charge < -0.3 is 9.47 Å². The Bertz CT molecular complexity index is 588.